The summed E-state index contributed by atoms with van der Waals surface area (Å²) in [6.07, 6.45) is 0. The van der Waals surface area contributed by atoms with Crippen LogP contribution in [0.15, 0.2) is 40.9 Å². The van der Waals surface area contributed by atoms with Crippen molar-refractivity contribution in [3.63, 3.8) is 0 Å². The summed E-state index contributed by atoms with van der Waals surface area (Å²) >= 11 is 3.53. The Morgan fingerprint density at radius 2 is 1.89 bits per heavy atom. The van der Waals surface area contributed by atoms with Crippen molar-refractivity contribution in [1.29, 1.82) is 0 Å². The summed E-state index contributed by atoms with van der Waals surface area (Å²) in [6.45, 7) is 2.05. The van der Waals surface area contributed by atoms with Gasteiger partial charge in [-0.25, -0.2) is 0 Å². The van der Waals surface area contributed by atoms with Crippen molar-refractivity contribution >= 4 is 33.0 Å². The second-order valence-corrected chi connectivity index (χ2v) is 4.92. The minimum atomic E-state index is 0.684. The normalized spacial score (nSPS) is 10.2. The molecule has 0 heterocycles. The lowest BCUT2D eigenvalue weighted by Gasteiger charge is -2.12. The van der Waals surface area contributed by atoms with Gasteiger partial charge in [0, 0.05) is 10.5 Å². The van der Waals surface area contributed by atoms with E-state index < -0.39 is 0 Å². The maximum absolute atomic E-state index is 5.94. The van der Waals surface area contributed by atoms with Crippen molar-refractivity contribution in [2.24, 2.45) is 0 Å². The van der Waals surface area contributed by atoms with E-state index in [4.69, 9.17) is 10.5 Å². The quantitative estimate of drug-likeness (QED) is 0.840. The predicted molar refractivity (Wildman–Crippen MR) is 79.6 cm³/mol. The number of nitrogens with two attached hydrogens (primary N) is 1. The topological polar surface area (TPSA) is 47.3 Å². The highest BCUT2D eigenvalue weighted by atomic mass is 79.9. The Kier molecular flexibility index (Phi) is 3.77. The molecule has 0 aliphatic rings. The van der Waals surface area contributed by atoms with E-state index in [-0.39, 0.29) is 0 Å². The molecular formula is C14H15BrN2O. The van der Waals surface area contributed by atoms with Gasteiger partial charge in [-0.1, -0.05) is 6.07 Å². The van der Waals surface area contributed by atoms with Crippen LogP contribution in [0, 0.1) is 6.92 Å². The standard InChI is InChI=1S/C14H15BrN2O/c1-9-3-6-13(11(15)7-9)17-14-8-10(18-2)4-5-12(14)16/h3-8,17H,16H2,1-2H3. The summed E-state index contributed by atoms with van der Waals surface area (Å²) in [5.41, 5.74) is 9.63. The molecule has 3 nitrogen and oxygen atoms in total. The number of rotatable bonds is 3. The zero-order valence-electron chi connectivity index (χ0n) is 10.3. The number of nitrogen functional groups attached to an aromatic ring is 1. The van der Waals surface area contributed by atoms with E-state index in [1.54, 1.807) is 7.11 Å². The molecule has 0 aromatic heterocycles. The van der Waals surface area contributed by atoms with E-state index in [2.05, 4.69) is 34.2 Å². The second-order valence-electron chi connectivity index (χ2n) is 4.06. The minimum Gasteiger partial charge on any atom is -0.497 e. The van der Waals surface area contributed by atoms with Crippen LogP contribution in [0.4, 0.5) is 17.1 Å². The van der Waals surface area contributed by atoms with E-state index in [9.17, 15) is 0 Å². The van der Waals surface area contributed by atoms with Gasteiger partial charge in [0.1, 0.15) is 5.75 Å². The summed E-state index contributed by atoms with van der Waals surface area (Å²) in [4.78, 5) is 0. The Morgan fingerprint density at radius 3 is 2.56 bits per heavy atom. The van der Waals surface area contributed by atoms with Gasteiger partial charge in [0.05, 0.1) is 24.2 Å². The van der Waals surface area contributed by atoms with Gasteiger partial charge in [0.25, 0.3) is 0 Å². The summed E-state index contributed by atoms with van der Waals surface area (Å²) in [5.74, 6) is 0.773. The fourth-order valence-electron chi connectivity index (χ4n) is 1.64. The van der Waals surface area contributed by atoms with E-state index in [0.717, 1.165) is 21.6 Å². The first-order valence-electron chi connectivity index (χ1n) is 5.57. The largest absolute Gasteiger partial charge is 0.497 e. The van der Waals surface area contributed by atoms with Crippen LogP contribution in [0.2, 0.25) is 0 Å². The van der Waals surface area contributed by atoms with Crippen LogP contribution in [0.1, 0.15) is 5.56 Å². The van der Waals surface area contributed by atoms with Crippen LogP contribution in [0.5, 0.6) is 5.75 Å². The number of hydrogen-bond donors (Lipinski definition) is 2. The Balaban J connectivity index is 2.33. The van der Waals surface area contributed by atoms with Crippen LogP contribution in [-0.4, -0.2) is 7.11 Å². The van der Waals surface area contributed by atoms with Crippen molar-refractivity contribution in [2.45, 2.75) is 6.92 Å². The number of halogens is 1. The lowest BCUT2D eigenvalue weighted by Crippen LogP contribution is -1.97. The minimum absolute atomic E-state index is 0.684. The molecule has 3 N–H and O–H groups in total. The zero-order chi connectivity index (χ0) is 13.1. The molecule has 0 atom stereocenters. The molecule has 0 radical (unpaired) electrons. The number of aryl methyl sites for hydroxylation is 1. The number of ether oxygens (including phenoxy) is 1. The van der Waals surface area contributed by atoms with E-state index >= 15 is 0 Å². The van der Waals surface area contributed by atoms with Crippen LogP contribution in [0.3, 0.4) is 0 Å². The third kappa shape index (κ3) is 2.76. The number of hydrogen-bond acceptors (Lipinski definition) is 3. The summed E-state index contributed by atoms with van der Waals surface area (Å²) in [5, 5.41) is 3.29. The van der Waals surface area contributed by atoms with Gasteiger partial charge in [-0.2, -0.15) is 0 Å². The SMILES string of the molecule is COc1ccc(N)c(Nc2ccc(C)cc2Br)c1. The first-order chi connectivity index (χ1) is 8.60. The van der Waals surface area contributed by atoms with Crippen LogP contribution in [0.25, 0.3) is 0 Å². The zero-order valence-corrected chi connectivity index (χ0v) is 11.9. The molecule has 0 unspecified atom stereocenters. The molecule has 18 heavy (non-hydrogen) atoms. The van der Waals surface area contributed by atoms with Gasteiger partial charge in [-0.05, 0) is 52.7 Å². The maximum Gasteiger partial charge on any atom is 0.121 e. The van der Waals surface area contributed by atoms with Gasteiger partial charge in [0.2, 0.25) is 0 Å². The van der Waals surface area contributed by atoms with Crippen LogP contribution < -0.4 is 15.8 Å². The third-order valence-electron chi connectivity index (χ3n) is 2.65. The number of nitrogens with one attached hydrogen (secondary N) is 1. The van der Waals surface area contributed by atoms with Crippen molar-refractivity contribution in [1.82, 2.24) is 0 Å². The fraction of sp³-hybridized carbons (Fsp3) is 0.143. The molecule has 0 bridgehead atoms. The lowest BCUT2D eigenvalue weighted by atomic mass is 10.2. The molecule has 0 aliphatic carbocycles. The monoisotopic (exact) mass is 306 g/mol. The molecule has 0 fully saturated rings. The van der Waals surface area contributed by atoms with Gasteiger partial charge in [-0.3, -0.25) is 0 Å². The fourth-order valence-corrected chi connectivity index (χ4v) is 2.23. The summed E-state index contributed by atoms with van der Waals surface area (Å²) in [7, 11) is 1.64. The highest BCUT2D eigenvalue weighted by molar-refractivity contribution is 9.10. The van der Waals surface area contributed by atoms with Crippen LogP contribution >= 0.6 is 15.9 Å². The first-order valence-corrected chi connectivity index (χ1v) is 6.36. The average molecular weight is 307 g/mol. The van der Waals surface area contributed by atoms with Crippen LogP contribution in [-0.2, 0) is 0 Å². The second kappa shape index (κ2) is 5.31. The number of anilines is 3. The molecule has 4 heteroatoms. The van der Waals surface area contributed by atoms with Crippen molar-refractivity contribution in [3.05, 3.63) is 46.4 Å². The molecule has 94 valence electrons. The van der Waals surface area contributed by atoms with Gasteiger partial charge in [-0.15, -0.1) is 0 Å². The van der Waals surface area contributed by atoms with Gasteiger partial charge < -0.3 is 15.8 Å². The lowest BCUT2D eigenvalue weighted by molar-refractivity contribution is 0.415. The molecule has 0 amide bonds. The molecule has 2 aromatic carbocycles. The van der Waals surface area contributed by atoms with E-state index in [0.29, 0.717) is 5.69 Å². The highest BCUT2D eigenvalue weighted by Crippen LogP contribution is 2.31. The summed E-state index contributed by atoms with van der Waals surface area (Å²) < 4.78 is 6.19. The third-order valence-corrected chi connectivity index (χ3v) is 3.31. The van der Waals surface area contributed by atoms with Gasteiger partial charge >= 0.3 is 0 Å². The number of benzene rings is 2. The van der Waals surface area contributed by atoms with E-state index in [1.165, 1.54) is 5.56 Å². The summed E-state index contributed by atoms with van der Waals surface area (Å²) in [6, 6.07) is 11.6. The molecular weight excluding hydrogens is 292 g/mol. The Bertz CT molecular complexity index is 570. The average Bonchev–Trinajstić information content (AvgIpc) is 2.35. The smallest absolute Gasteiger partial charge is 0.121 e. The van der Waals surface area contributed by atoms with E-state index in [1.807, 2.05) is 30.3 Å². The molecule has 0 spiro atoms. The highest BCUT2D eigenvalue weighted by Gasteiger charge is 2.05. The Labute approximate surface area is 115 Å². The first kappa shape index (κ1) is 12.8. The molecule has 0 aliphatic heterocycles. The molecule has 2 aromatic rings. The number of methoxy groups -OCH3 is 1. The molecule has 0 saturated carbocycles. The van der Waals surface area contributed by atoms with Crippen molar-refractivity contribution in [2.75, 3.05) is 18.2 Å². The predicted octanol–water partition coefficient (Wildman–Crippen LogP) is 4.09. The Morgan fingerprint density at radius 1 is 1.11 bits per heavy atom. The van der Waals surface area contributed by atoms with Crippen molar-refractivity contribution < 1.29 is 4.74 Å². The Hall–Kier alpha value is -1.68. The molecule has 0 saturated heterocycles. The molecule has 2 rings (SSSR count). The van der Waals surface area contributed by atoms with Gasteiger partial charge in [0.15, 0.2) is 0 Å². The maximum atomic E-state index is 5.94. The van der Waals surface area contributed by atoms with Crippen molar-refractivity contribution in [3.8, 4) is 5.75 Å².